The van der Waals surface area contributed by atoms with E-state index in [1.165, 1.54) is 6.92 Å². The fourth-order valence-corrected chi connectivity index (χ4v) is 3.80. The molecule has 0 unspecified atom stereocenters. The number of rotatable bonds is 5. The summed E-state index contributed by atoms with van der Waals surface area (Å²) in [5.41, 5.74) is 1.21. The van der Waals surface area contributed by atoms with Crippen LogP contribution in [0.2, 0.25) is 0 Å². The molecule has 34 heavy (non-hydrogen) atoms. The molecular weight excluding hydrogens is 438 g/mol. The molecule has 1 aliphatic heterocycles. The van der Waals surface area contributed by atoms with E-state index >= 15 is 0 Å². The van der Waals surface area contributed by atoms with E-state index in [1.807, 2.05) is 0 Å². The van der Waals surface area contributed by atoms with Crippen LogP contribution in [0.15, 0.2) is 18.3 Å². The van der Waals surface area contributed by atoms with Crippen LogP contribution in [-0.2, 0) is 14.3 Å². The number of amides is 2. The smallest absolute Gasteiger partial charge is 0.255 e. The zero-order valence-corrected chi connectivity index (χ0v) is 21.0. The van der Waals surface area contributed by atoms with E-state index in [4.69, 9.17) is 9.47 Å². The third kappa shape index (κ3) is 8.94. The number of hydrogen-bond acceptors (Lipinski definition) is 7. The number of ether oxygens (including phenoxy) is 2. The van der Waals surface area contributed by atoms with Gasteiger partial charge in [-0.05, 0) is 44.2 Å². The molecule has 2 N–H and O–H groups in total. The van der Waals surface area contributed by atoms with Gasteiger partial charge in [-0.2, -0.15) is 0 Å². The van der Waals surface area contributed by atoms with Gasteiger partial charge in [0.1, 0.15) is 18.3 Å². The van der Waals surface area contributed by atoms with Gasteiger partial charge in [0.2, 0.25) is 5.91 Å². The van der Waals surface area contributed by atoms with E-state index in [0.717, 1.165) is 6.42 Å². The average molecular weight is 480 g/mol. The molecule has 1 saturated heterocycles. The lowest BCUT2D eigenvalue weighted by Crippen LogP contribution is -2.50. The van der Waals surface area contributed by atoms with Crippen LogP contribution < -0.4 is 0 Å². The Morgan fingerprint density at radius 1 is 1.21 bits per heavy atom. The van der Waals surface area contributed by atoms with Crippen molar-refractivity contribution in [1.29, 1.82) is 0 Å². The summed E-state index contributed by atoms with van der Waals surface area (Å²) in [5, 5.41) is 21.2. The van der Waals surface area contributed by atoms with Gasteiger partial charge in [0, 0.05) is 58.2 Å². The Labute approximate surface area is 203 Å². The highest BCUT2D eigenvalue weighted by atomic mass is 16.5. The first-order valence-electron chi connectivity index (χ1n) is 12.2. The maximum atomic E-state index is 13.3. The third-order valence-corrected chi connectivity index (χ3v) is 6.07. The molecule has 1 fully saturated rings. The number of nitrogens with zero attached hydrogens (tertiary/aromatic N) is 3. The first-order valence-corrected chi connectivity index (χ1v) is 12.2. The second-order valence-corrected chi connectivity index (χ2v) is 9.33. The van der Waals surface area contributed by atoms with Crippen LogP contribution in [0.25, 0.3) is 0 Å². The number of hydrogen-bond donors (Lipinski definition) is 2. The summed E-state index contributed by atoms with van der Waals surface area (Å²) in [6.45, 7) is 9.47. The number of carbonyl (C=O) groups is 2. The third-order valence-electron chi connectivity index (χ3n) is 6.07. The van der Waals surface area contributed by atoms with Gasteiger partial charge in [0.05, 0.1) is 12.2 Å². The van der Waals surface area contributed by atoms with Crippen molar-refractivity contribution in [1.82, 2.24) is 14.8 Å². The van der Waals surface area contributed by atoms with E-state index < -0.39 is 18.3 Å². The Hall–Kier alpha value is -2.07. The fraction of sp³-hybridized carbons (Fsp3) is 0.720. The first kappa shape index (κ1) is 28.2. The molecule has 0 bridgehead atoms. The molecule has 3 atom stereocenters. The Bertz CT molecular complexity index is 775. The maximum absolute atomic E-state index is 13.3. The van der Waals surface area contributed by atoms with E-state index in [9.17, 15) is 19.8 Å². The van der Waals surface area contributed by atoms with Crippen molar-refractivity contribution in [3.63, 3.8) is 0 Å². The normalized spacial score (nSPS) is 23.6. The van der Waals surface area contributed by atoms with E-state index in [-0.39, 0.29) is 25.0 Å². The van der Waals surface area contributed by atoms with Crippen LogP contribution in [0.3, 0.4) is 0 Å². The number of aromatic nitrogens is 1. The fourth-order valence-electron chi connectivity index (χ4n) is 3.80. The highest BCUT2D eigenvalue weighted by Crippen LogP contribution is 2.14. The molecule has 1 aromatic rings. The van der Waals surface area contributed by atoms with E-state index in [2.05, 4.69) is 18.8 Å². The van der Waals surface area contributed by atoms with E-state index in [1.54, 1.807) is 35.1 Å². The summed E-state index contributed by atoms with van der Waals surface area (Å²) in [5.74, 6) is 0.109. The highest BCUT2D eigenvalue weighted by Gasteiger charge is 2.31. The maximum Gasteiger partial charge on any atom is 0.255 e. The van der Waals surface area contributed by atoms with Crippen LogP contribution in [0, 0.1) is 12.8 Å². The molecule has 9 heteroatoms. The van der Waals surface area contributed by atoms with Crippen LogP contribution in [-0.4, -0.2) is 101 Å². The van der Waals surface area contributed by atoms with Crippen LogP contribution in [0.1, 0.15) is 56.1 Å². The lowest BCUT2D eigenvalue weighted by Gasteiger charge is -2.34. The molecule has 0 saturated carbocycles. The van der Waals surface area contributed by atoms with Gasteiger partial charge in [0.15, 0.2) is 0 Å². The predicted molar refractivity (Wildman–Crippen MR) is 128 cm³/mol. The summed E-state index contributed by atoms with van der Waals surface area (Å²) in [4.78, 5) is 33.2. The summed E-state index contributed by atoms with van der Waals surface area (Å²) in [6.07, 6.45) is 0.772. The summed E-state index contributed by atoms with van der Waals surface area (Å²) >= 11 is 0. The minimum absolute atomic E-state index is 0.0250. The molecule has 9 nitrogen and oxygen atoms in total. The van der Waals surface area contributed by atoms with Crippen molar-refractivity contribution in [3.05, 3.63) is 29.6 Å². The van der Waals surface area contributed by atoms with Gasteiger partial charge >= 0.3 is 0 Å². The van der Waals surface area contributed by atoms with Crippen molar-refractivity contribution in [2.24, 2.45) is 5.92 Å². The minimum atomic E-state index is -1.20. The second kappa shape index (κ2) is 14.4. The minimum Gasteiger partial charge on any atom is -0.388 e. The molecule has 0 aromatic carbocycles. The summed E-state index contributed by atoms with van der Waals surface area (Å²) in [6, 6.07) is 3.50. The standard InChI is InChI=1S/C25H41N3O6/c1-18(2)9-15-34-23-16-28(20(4)29)13-12-27(25(32)21-8-7-10-26-19(21)3)11-5-6-14-33-17-22(30)24(23)31/h7-8,10,18,22-24,30-31H,5-6,9,11-17H2,1-4H3/t22-,23-,24-/m1/s1. The number of carbonyl (C=O) groups excluding carboxylic acids is 2. The lowest BCUT2D eigenvalue weighted by atomic mass is 10.1. The molecule has 2 amide bonds. The van der Waals surface area contributed by atoms with Crippen molar-refractivity contribution < 1.29 is 29.3 Å². The van der Waals surface area contributed by atoms with Crippen LogP contribution >= 0.6 is 0 Å². The topological polar surface area (TPSA) is 112 Å². The Balaban J connectivity index is 2.20. The van der Waals surface area contributed by atoms with Crippen molar-refractivity contribution >= 4 is 11.8 Å². The van der Waals surface area contributed by atoms with Crippen molar-refractivity contribution in [2.75, 3.05) is 46.0 Å². The predicted octanol–water partition coefficient (Wildman–Crippen LogP) is 1.64. The van der Waals surface area contributed by atoms with Gasteiger partial charge in [-0.15, -0.1) is 0 Å². The zero-order valence-electron chi connectivity index (χ0n) is 21.0. The Morgan fingerprint density at radius 3 is 2.62 bits per heavy atom. The molecule has 2 heterocycles. The second-order valence-electron chi connectivity index (χ2n) is 9.33. The molecule has 1 aromatic heterocycles. The van der Waals surface area contributed by atoms with Gasteiger partial charge in [-0.3, -0.25) is 14.6 Å². The molecule has 2 rings (SSSR count). The molecule has 0 radical (unpaired) electrons. The van der Waals surface area contributed by atoms with Gasteiger partial charge in [0.25, 0.3) is 5.91 Å². The van der Waals surface area contributed by atoms with Gasteiger partial charge in [-0.25, -0.2) is 0 Å². The molecular formula is C25H41N3O6. The Kier molecular flexibility index (Phi) is 11.9. The van der Waals surface area contributed by atoms with Crippen molar-refractivity contribution in [2.45, 2.75) is 65.3 Å². The molecule has 192 valence electrons. The average Bonchev–Trinajstić information content (AvgIpc) is 2.79. The largest absolute Gasteiger partial charge is 0.388 e. The van der Waals surface area contributed by atoms with Crippen LogP contribution in [0.4, 0.5) is 0 Å². The monoisotopic (exact) mass is 479 g/mol. The zero-order chi connectivity index (χ0) is 25.1. The SMILES string of the molecule is CC(=O)N1CCN(C(=O)c2cccnc2C)CCCCOC[C@@H](O)[C@@H](O)[C@H](OCCC(C)C)C1. The molecule has 0 spiro atoms. The molecule has 0 aliphatic carbocycles. The van der Waals surface area contributed by atoms with E-state index in [0.29, 0.717) is 62.9 Å². The number of aliphatic hydroxyl groups is 2. The summed E-state index contributed by atoms with van der Waals surface area (Å²) < 4.78 is 11.5. The number of aliphatic hydroxyl groups excluding tert-OH is 2. The lowest BCUT2D eigenvalue weighted by molar-refractivity contribution is -0.140. The number of aryl methyl sites for hydroxylation is 1. The van der Waals surface area contributed by atoms with Crippen molar-refractivity contribution in [3.8, 4) is 0 Å². The highest BCUT2D eigenvalue weighted by molar-refractivity contribution is 5.95. The molecule has 1 aliphatic rings. The number of pyridine rings is 1. The van der Waals surface area contributed by atoms with Crippen LogP contribution in [0.5, 0.6) is 0 Å². The quantitative estimate of drug-likeness (QED) is 0.660. The Morgan fingerprint density at radius 2 is 1.94 bits per heavy atom. The first-order chi connectivity index (χ1) is 16.2. The summed E-state index contributed by atoms with van der Waals surface area (Å²) in [7, 11) is 0. The van der Waals surface area contributed by atoms with Gasteiger partial charge in [-0.1, -0.05) is 13.8 Å². The van der Waals surface area contributed by atoms with Gasteiger partial charge < -0.3 is 29.5 Å².